The van der Waals surface area contributed by atoms with Gasteiger partial charge in [0, 0.05) is 37.4 Å². The first-order valence-corrected chi connectivity index (χ1v) is 10.3. The molecule has 0 spiro atoms. The van der Waals surface area contributed by atoms with Crippen LogP contribution in [0.3, 0.4) is 0 Å². The Hall–Kier alpha value is -1.75. The molecule has 0 bridgehead atoms. The third-order valence-electron chi connectivity index (χ3n) is 6.26. The molecule has 0 saturated carbocycles. The maximum atomic E-state index is 5.50. The van der Waals surface area contributed by atoms with Crippen molar-refractivity contribution < 1.29 is 4.74 Å². The van der Waals surface area contributed by atoms with Crippen molar-refractivity contribution in [2.45, 2.75) is 32.4 Å². The van der Waals surface area contributed by atoms with Crippen LogP contribution in [0.25, 0.3) is 11.3 Å². The van der Waals surface area contributed by atoms with Gasteiger partial charge in [0.05, 0.1) is 18.9 Å². The van der Waals surface area contributed by atoms with E-state index in [0.29, 0.717) is 6.04 Å². The Bertz CT molecular complexity index is 689. The predicted octanol–water partition coefficient (Wildman–Crippen LogP) is 3.68. The smallest absolute Gasteiger partial charge is 0.0701 e. The summed E-state index contributed by atoms with van der Waals surface area (Å²) in [5.41, 5.74) is 3.63. The van der Waals surface area contributed by atoms with Gasteiger partial charge in [0.2, 0.25) is 0 Å². The first-order chi connectivity index (χ1) is 13.3. The van der Waals surface area contributed by atoms with Crippen molar-refractivity contribution in [3.05, 3.63) is 54.2 Å². The predicted molar refractivity (Wildman–Crippen MR) is 110 cm³/mol. The highest BCUT2D eigenvalue weighted by atomic mass is 16.5. The number of aromatic nitrogens is 1. The van der Waals surface area contributed by atoms with E-state index in [0.717, 1.165) is 44.5 Å². The average Bonchev–Trinajstić information content (AvgIpc) is 2.76. The fourth-order valence-corrected chi connectivity index (χ4v) is 4.45. The largest absolute Gasteiger partial charge is 0.379 e. The summed E-state index contributed by atoms with van der Waals surface area (Å²) in [4.78, 5) is 9.67. The van der Waals surface area contributed by atoms with Crippen LogP contribution in [0.1, 0.15) is 25.3 Å². The standard InChI is InChI=1S/C23H31N3O/c1-19(26-14-16-27-17-15-26)21-9-12-25(13-10-21)18-20-5-7-22(8-6-20)23-4-2-3-11-24-23/h2-8,11,19,21H,9-10,12-18H2,1H3/t19-/m0/s1. The van der Waals surface area contributed by atoms with E-state index in [1.54, 1.807) is 0 Å². The molecule has 4 nitrogen and oxygen atoms in total. The van der Waals surface area contributed by atoms with E-state index in [-0.39, 0.29) is 0 Å². The first-order valence-electron chi connectivity index (χ1n) is 10.3. The Balaban J connectivity index is 1.28. The van der Waals surface area contributed by atoms with E-state index in [1.165, 1.54) is 37.1 Å². The van der Waals surface area contributed by atoms with Crippen LogP contribution in [0, 0.1) is 5.92 Å². The molecule has 0 radical (unpaired) electrons. The number of likely N-dealkylation sites (tertiary alicyclic amines) is 1. The van der Waals surface area contributed by atoms with Gasteiger partial charge in [-0.1, -0.05) is 30.3 Å². The Kier molecular flexibility index (Phi) is 6.17. The molecule has 0 amide bonds. The fourth-order valence-electron chi connectivity index (χ4n) is 4.45. The molecule has 0 aliphatic carbocycles. The maximum Gasteiger partial charge on any atom is 0.0701 e. The summed E-state index contributed by atoms with van der Waals surface area (Å²) < 4.78 is 5.50. The summed E-state index contributed by atoms with van der Waals surface area (Å²) in [6, 6.07) is 15.7. The number of hydrogen-bond acceptors (Lipinski definition) is 4. The van der Waals surface area contributed by atoms with E-state index in [4.69, 9.17) is 4.74 Å². The van der Waals surface area contributed by atoms with Crippen molar-refractivity contribution in [1.82, 2.24) is 14.8 Å². The van der Waals surface area contributed by atoms with Crippen molar-refractivity contribution in [3.63, 3.8) is 0 Å². The average molecular weight is 366 g/mol. The van der Waals surface area contributed by atoms with E-state index >= 15 is 0 Å². The number of rotatable bonds is 5. The van der Waals surface area contributed by atoms with Crippen LogP contribution in [-0.4, -0.2) is 60.2 Å². The molecule has 2 aromatic rings. The molecule has 3 heterocycles. The monoisotopic (exact) mass is 365 g/mol. The first kappa shape index (κ1) is 18.6. The molecule has 1 aromatic carbocycles. The Labute approximate surface area is 163 Å². The minimum absolute atomic E-state index is 0.689. The van der Waals surface area contributed by atoms with Gasteiger partial charge in [-0.05, 0) is 56.5 Å². The van der Waals surface area contributed by atoms with Crippen molar-refractivity contribution in [1.29, 1.82) is 0 Å². The van der Waals surface area contributed by atoms with Crippen molar-refractivity contribution in [2.75, 3.05) is 39.4 Å². The van der Waals surface area contributed by atoms with E-state index in [9.17, 15) is 0 Å². The number of pyridine rings is 1. The van der Waals surface area contributed by atoms with Crippen LogP contribution in [0.4, 0.5) is 0 Å². The van der Waals surface area contributed by atoms with Gasteiger partial charge in [0.15, 0.2) is 0 Å². The second kappa shape index (κ2) is 8.96. The third kappa shape index (κ3) is 4.75. The Morgan fingerprint density at radius 1 is 1.00 bits per heavy atom. The number of morpholine rings is 1. The van der Waals surface area contributed by atoms with Crippen LogP contribution in [0.5, 0.6) is 0 Å². The Morgan fingerprint density at radius 3 is 2.41 bits per heavy atom. The molecule has 2 aliphatic rings. The van der Waals surface area contributed by atoms with Crippen molar-refractivity contribution >= 4 is 0 Å². The highest BCUT2D eigenvalue weighted by Crippen LogP contribution is 2.26. The highest BCUT2D eigenvalue weighted by Gasteiger charge is 2.28. The van der Waals surface area contributed by atoms with Crippen molar-refractivity contribution in [2.24, 2.45) is 5.92 Å². The number of piperidine rings is 1. The van der Waals surface area contributed by atoms with Gasteiger partial charge < -0.3 is 4.74 Å². The molecule has 0 unspecified atom stereocenters. The molecule has 2 fully saturated rings. The molecule has 1 aromatic heterocycles. The van der Waals surface area contributed by atoms with E-state index in [2.05, 4.69) is 52.0 Å². The summed E-state index contributed by atoms with van der Waals surface area (Å²) >= 11 is 0. The van der Waals surface area contributed by atoms with Crippen LogP contribution >= 0.6 is 0 Å². The van der Waals surface area contributed by atoms with Gasteiger partial charge in [-0.25, -0.2) is 0 Å². The zero-order chi connectivity index (χ0) is 18.5. The molecular formula is C23H31N3O. The third-order valence-corrected chi connectivity index (χ3v) is 6.26. The SMILES string of the molecule is C[C@@H](C1CCN(Cc2ccc(-c3ccccn3)cc2)CC1)N1CCOCC1. The normalized spacial score (nSPS) is 21.2. The van der Waals surface area contributed by atoms with Crippen LogP contribution in [0.2, 0.25) is 0 Å². The molecule has 2 aliphatic heterocycles. The van der Waals surface area contributed by atoms with Gasteiger partial charge in [-0.2, -0.15) is 0 Å². The second-order valence-corrected chi connectivity index (χ2v) is 7.91. The van der Waals surface area contributed by atoms with Gasteiger partial charge in [0.25, 0.3) is 0 Å². The zero-order valence-electron chi connectivity index (χ0n) is 16.4. The minimum atomic E-state index is 0.689. The van der Waals surface area contributed by atoms with E-state index in [1.807, 2.05) is 18.3 Å². The summed E-state index contributed by atoms with van der Waals surface area (Å²) in [5, 5.41) is 0. The van der Waals surface area contributed by atoms with Crippen molar-refractivity contribution in [3.8, 4) is 11.3 Å². The lowest BCUT2D eigenvalue weighted by Gasteiger charge is -2.41. The summed E-state index contributed by atoms with van der Waals surface area (Å²) in [5.74, 6) is 0.825. The van der Waals surface area contributed by atoms with Crippen LogP contribution in [-0.2, 0) is 11.3 Å². The molecule has 27 heavy (non-hydrogen) atoms. The van der Waals surface area contributed by atoms with Gasteiger partial charge >= 0.3 is 0 Å². The Morgan fingerprint density at radius 2 is 1.74 bits per heavy atom. The lowest BCUT2D eigenvalue weighted by Crippen LogP contribution is -2.48. The summed E-state index contributed by atoms with van der Waals surface area (Å²) in [6.07, 6.45) is 4.47. The molecule has 144 valence electrons. The quantitative estimate of drug-likeness (QED) is 0.808. The minimum Gasteiger partial charge on any atom is -0.379 e. The lowest BCUT2D eigenvalue weighted by molar-refractivity contribution is -0.00192. The molecule has 4 heteroatoms. The molecule has 0 N–H and O–H groups in total. The molecule has 1 atom stereocenters. The topological polar surface area (TPSA) is 28.6 Å². The molecule has 4 rings (SSSR count). The van der Waals surface area contributed by atoms with Gasteiger partial charge in [0.1, 0.15) is 0 Å². The van der Waals surface area contributed by atoms with E-state index < -0.39 is 0 Å². The van der Waals surface area contributed by atoms with Gasteiger partial charge in [-0.3, -0.25) is 14.8 Å². The zero-order valence-corrected chi connectivity index (χ0v) is 16.4. The fraction of sp³-hybridized carbons (Fsp3) is 0.522. The molecule has 2 saturated heterocycles. The molecular weight excluding hydrogens is 334 g/mol. The lowest BCUT2D eigenvalue weighted by atomic mass is 9.89. The summed E-state index contributed by atoms with van der Waals surface area (Å²) in [7, 11) is 0. The number of hydrogen-bond donors (Lipinski definition) is 0. The highest BCUT2D eigenvalue weighted by molar-refractivity contribution is 5.58. The number of benzene rings is 1. The second-order valence-electron chi connectivity index (χ2n) is 7.91. The van der Waals surface area contributed by atoms with Crippen LogP contribution in [0.15, 0.2) is 48.7 Å². The van der Waals surface area contributed by atoms with Gasteiger partial charge in [-0.15, -0.1) is 0 Å². The number of nitrogens with zero attached hydrogens (tertiary/aromatic N) is 3. The van der Waals surface area contributed by atoms with Crippen LogP contribution < -0.4 is 0 Å². The maximum absolute atomic E-state index is 5.50. The summed E-state index contributed by atoms with van der Waals surface area (Å²) in [6.45, 7) is 9.90. The number of ether oxygens (including phenoxy) is 1.